The lowest BCUT2D eigenvalue weighted by Gasteiger charge is -2.52. The van der Waals surface area contributed by atoms with Gasteiger partial charge < -0.3 is 33.7 Å². The molecule has 0 spiro atoms. The molecule has 0 saturated carbocycles. The highest BCUT2D eigenvalue weighted by atomic mass is 32.2. The van der Waals surface area contributed by atoms with Crippen LogP contribution in [0, 0.1) is 0 Å². The number of hydrogen-bond acceptors (Lipinski definition) is 11. The van der Waals surface area contributed by atoms with Crippen LogP contribution in [0.3, 0.4) is 0 Å². The first-order chi connectivity index (χ1) is 20.8. The summed E-state index contributed by atoms with van der Waals surface area (Å²) in [7, 11) is -6.02. The molecule has 2 aliphatic heterocycles. The Balaban J connectivity index is 1.65. The van der Waals surface area contributed by atoms with Crippen LogP contribution in [0.4, 0.5) is 5.82 Å². The number of nitrogen functional groups attached to an aromatic ring is 1. The Bertz CT molecular complexity index is 1410. The smallest absolute Gasteiger partial charge is 0.335 e. The summed E-state index contributed by atoms with van der Waals surface area (Å²) in [5, 5.41) is 25.0. The van der Waals surface area contributed by atoms with Crippen molar-refractivity contribution in [1.82, 2.24) is 19.5 Å². The van der Waals surface area contributed by atoms with Gasteiger partial charge >= 0.3 is 17.1 Å². The van der Waals surface area contributed by atoms with Gasteiger partial charge in [-0.2, -0.15) is 0 Å². The molecule has 0 amide bonds. The summed E-state index contributed by atoms with van der Waals surface area (Å²) in [6.45, 7) is 17.3. The van der Waals surface area contributed by atoms with Crippen molar-refractivity contribution < 1.29 is 27.9 Å². The lowest BCUT2D eigenvalue weighted by Crippen LogP contribution is -2.68. The zero-order chi connectivity index (χ0) is 32.0. The molecule has 2 fully saturated rings. The van der Waals surface area contributed by atoms with Crippen LogP contribution in [0.5, 0.6) is 0 Å². The number of thioether (sulfide) groups is 1. The fourth-order valence-corrected chi connectivity index (χ4v) is 18.9. The predicted molar refractivity (Wildman–Crippen MR) is 176 cm³/mol. The van der Waals surface area contributed by atoms with Crippen molar-refractivity contribution in [3.05, 3.63) is 43.0 Å². The average molecular weight is 662 g/mol. The van der Waals surface area contributed by atoms with E-state index in [4.69, 9.17) is 23.4 Å². The average Bonchev–Trinajstić information content (AvgIpc) is 3.51. The van der Waals surface area contributed by atoms with Gasteiger partial charge in [-0.25, -0.2) is 15.0 Å². The molecule has 5 rings (SSSR count). The molecular weight excluding hydrogens is 615 g/mol. The van der Waals surface area contributed by atoms with Gasteiger partial charge in [0.05, 0.1) is 19.0 Å². The van der Waals surface area contributed by atoms with Gasteiger partial charge in [0, 0.05) is 10.6 Å². The van der Waals surface area contributed by atoms with Crippen LogP contribution < -0.4 is 5.73 Å². The molecule has 44 heavy (non-hydrogen) atoms. The number of fused-ring (bicyclic) bond motifs is 2. The van der Waals surface area contributed by atoms with E-state index in [-0.39, 0.29) is 40.3 Å². The Morgan fingerprint density at radius 3 is 2.23 bits per heavy atom. The molecule has 0 unspecified atom stereocenters. The zero-order valence-corrected chi connectivity index (χ0v) is 29.7. The summed E-state index contributed by atoms with van der Waals surface area (Å²) in [4.78, 5) is 13.9. The fraction of sp³-hybridized carbons (Fsp3) is 0.633. The Kier molecular flexibility index (Phi) is 9.68. The van der Waals surface area contributed by atoms with E-state index in [0.717, 1.165) is 4.90 Å². The van der Waals surface area contributed by atoms with Gasteiger partial charge in [0.25, 0.3) is 0 Å². The number of hydrogen-bond donors (Lipinski definition) is 3. The first-order valence-electron chi connectivity index (χ1n) is 15.5. The van der Waals surface area contributed by atoms with Gasteiger partial charge in [-0.05, 0) is 34.3 Å². The third-order valence-corrected chi connectivity index (χ3v) is 20.5. The van der Waals surface area contributed by atoms with Crippen molar-refractivity contribution in [3.63, 3.8) is 0 Å². The van der Waals surface area contributed by atoms with E-state index in [9.17, 15) is 10.2 Å². The third-order valence-electron chi connectivity index (χ3n) is 9.14. The van der Waals surface area contributed by atoms with Crippen molar-refractivity contribution in [2.45, 2.75) is 113 Å². The highest BCUT2D eigenvalue weighted by Gasteiger charge is 2.67. The summed E-state index contributed by atoms with van der Waals surface area (Å²) in [6, 6.07) is 9.78. The Morgan fingerprint density at radius 2 is 1.61 bits per heavy atom. The van der Waals surface area contributed by atoms with E-state index < -0.39 is 47.3 Å². The van der Waals surface area contributed by atoms with Gasteiger partial charge in [0.2, 0.25) is 0 Å². The highest BCUT2D eigenvalue weighted by Crippen LogP contribution is 2.52. The van der Waals surface area contributed by atoms with Crippen LogP contribution in [0.1, 0.15) is 61.6 Å². The number of nitrogens with zero attached hydrogens (tertiary/aromatic N) is 4. The molecule has 3 aromatic rings. The van der Waals surface area contributed by atoms with E-state index in [2.05, 4.69) is 70.3 Å². The molecule has 2 aromatic heterocycles. The van der Waals surface area contributed by atoms with Crippen molar-refractivity contribution in [1.29, 1.82) is 0 Å². The summed E-state index contributed by atoms with van der Waals surface area (Å²) >= 11 is 1.45. The summed E-state index contributed by atoms with van der Waals surface area (Å²) in [5.74, 6) is 0.401. The van der Waals surface area contributed by atoms with E-state index in [1.54, 1.807) is 4.57 Å². The minimum absolute atomic E-state index is 0.0231. The Labute approximate surface area is 266 Å². The number of anilines is 1. The molecule has 0 radical (unpaired) electrons. The van der Waals surface area contributed by atoms with E-state index in [0.29, 0.717) is 11.2 Å². The molecular formula is C30H47N5O6SSi2. The Morgan fingerprint density at radius 1 is 0.977 bits per heavy atom. The van der Waals surface area contributed by atoms with Crippen molar-refractivity contribution in [2.75, 3.05) is 18.1 Å². The maximum absolute atomic E-state index is 12.9. The number of benzene rings is 1. The lowest BCUT2D eigenvalue weighted by atomic mass is 9.88. The monoisotopic (exact) mass is 661 g/mol. The molecule has 5 atom stereocenters. The predicted octanol–water partition coefficient (Wildman–Crippen LogP) is 5.15. The first-order valence-corrected chi connectivity index (χ1v) is 20.4. The first kappa shape index (κ1) is 33.5. The molecule has 0 aliphatic carbocycles. The summed E-state index contributed by atoms with van der Waals surface area (Å²) in [6.07, 6.45) is -1.16. The zero-order valence-electron chi connectivity index (χ0n) is 26.9. The van der Waals surface area contributed by atoms with E-state index in [1.807, 2.05) is 30.3 Å². The number of aromatic nitrogens is 4. The second kappa shape index (κ2) is 12.7. The molecule has 0 bridgehead atoms. The van der Waals surface area contributed by atoms with Gasteiger partial charge in [-0.3, -0.25) is 4.57 Å². The molecule has 14 heteroatoms. The van der Waals surface area contributed by atoms with Crippen molar-refractivity contribution in [2.24, 2.45) is 0 Å². The summed E-state index contributed by atoms with van der Waals surface area (Å²) < 4.78 is 29.9. The third kappa shape index (κ3) is 5.55. The molecule has 1 aromatic carbocycles. The minimum Gasteiger partial charge on any atom is -0.414 e. The molecule has 242 valence electrons. The quantitative estimate of drug-likeness (QED) is 0.207. The fourth-order valence-electron chi connectivity index (χ4n) is 6.71. The van der Waals surface area contributed by atoms with Crippen LogP contribution in [0.25, 0.3) is 11.2 Å². The minimum atomic E-state index is -3.16. The highest BCUT2D eigenvalue weighted by molar-refractivity contribution is 7.99. The second-order valence-electron chi connectivity index (χ2n) is 13.2. The Hall–Kier alpha value is -1.89. The van der Waals surface area contributed by atoms with Gasteiger partial charge in [0.1, 0.15) is 24.1 Å². The van der Waals surface area contributed by atoms with Gasteiger partial charge in [-0.1, -0.05) is 73.6 Å². The number of aliphatic hydroxyl groups is 2. The number of imidazole rings is 1. The van der Waals surface area contributed by atoms with Crippen LogP contribution >= 0.6 is 11.8 Å². The normalized spacial score (nSPS) is 27.6. The second-order valence-corrected chi connectivity index (χ2v) is 23.1. The molecule has 4 N–H and O–H groups in total. The topological polar surface area (TPSA) is 147 Å². The summed E-state index contributed by atoms with van der Waals surface area (Å²) in [5.41, 5.74) is 5.31. The van der Waals surface area contributed by atoms with Crippen LogP contribution in [0.15, 0.2) is 47.9 Å². The number of rotatable bonds is 9. The molecule has 2 saturated heterocycles. The number of aliphatic hydroxyl groups excluding tert-OH is 1. The van der Waals surface area contributed by atoms with Crippen molar-refractivity contribution in [3.8, 4) is 0 Å². The molecule has 4 heterocycles. The molecule has 2 aliphatic rings. The van der Waals surface area contributed by atoms with Crippen LogP contribution in [0.2, 0.25) is 22.2 Å². The SMILES string of the molecule is CC(C)[Si]1(C(C)C)OC[C@H]2O[C@@H](n3cnc4c(N)ncnc43)[C@@](O)([C@H](O)CSc3ccccc3)[C@@H]2O[Si](C(C)C)(C(C)C)O1. The van der Waals surface area contributed by atoms with E-state index >= 15 is 0 Å². The van der Waals surface area contributed by atoms with Crippen molar-refractivity contribution >= 4 is 45.9 Å². The molecule has 11 nitrogen and oxygen atoms in total. The van der Waals surface area contributed by atoms with Crippen LogP contribution in [-0.2, 0) is 17.7 Å². The van der Waals surface area contributed by atoms with Crippen LogP contribution in [-0.4, -0.2) is 83.1 Å². The number of ether oxygens (including phenoxy) is 1. The van der Waals surface area contributed by atoms with E-state index in [1.165, 1.54) is 24.4 Å². The maximum atomic E-state index is 12.9. The maximum Gasteiger partial charge on any atom is 0.335 e. The largest absolute Gasteiger partial charge is 0.414 e. The van der Waals surface area contributed by atoms with Gasteiger partial charge in [-0.15, -0.1) is 11.8 Å². The standard InChI is InChI=1S/C30H47N5O6SSi2/c1-18(2)43(19(3)4)38-14-23-26(40-44(41-43,20(5)6)21(7)8)30(37,24(36)15-42-22-12-10-9-11-13-22)29(39-23)35-17-34-25-27(31)32-16-33-28(25)35/h9-13,16-21,23-24,26,29,36-37H,14-15H2,1-8H3,(H2,31,32,33)/t23-,24-,26-,29-,30-/m1/s1. The lowest BCUT2D eigenvalue weighted by molar-refractivity contribution is -0.162. The number of nitrogens with two attached hydrogens (primary N) is 1. The van der Waals surface area contributed by atoms with Gasteiger partial charge in [0.15, 0.2) is 23.3 Å².